The molecule has 106 valence electrons. The summed E-state index contributed by atoms with van der Waals surface area (Å²) in [5.41, 5.74) is 7.33. The Morgan fingerprint density at radius 3 is 2.65 bits per heavy atom. The highest BCUT2D eigenvalue weighted by molar-refractivity contribution is 6.31. The molecule has 2 N–H and O–H groups in total. The molecule has 1 aliphatic carbocycles. The molecule has 0 radical (unpaired) electrons. The molecule has 1 aromatic heterocycles. The third kappa shape index (κ3) is 2.38. The zero-order valence-corrected chi connectivity index (χ0v) is 12.3. The fourth-order valence-corrected chi connectivity index (χ4v) is 3.24. The molecule has 6 heteroatoms. The van der Waals surface area contributed by atoms with Crippen LogP contribution in [-0.2, 0) is 5.54 Å². The summed E-state index contributed by atoms with van der Waals surface area (Å²) in [6.07, 6.45) is 5.92. The van der Waals surface area contributed by atoms with Crippen molar-refractivity contribution in [2.75, 3.05) is 5.73 Å². The minimum Gasteiger partial charge on any atom is -0.399 e. The van der Waals surface area contributed by atoms with E-state index in [2.05, 4.69) is 22.4 Å². The van der Waals surface area contributed by atoms with Gasteiger partial charge in [-0.15, -0.1) is 5.10 Å². The minimum absolute atomic E-state index is 0.0197. The lowest BCUT2D eigenvalue weighted by atomic mass is 9.83. The van der Waals surface area contributed by atoms with Gasteiger partial charge in [-0.2, -0.15) is 0 Å². The number of nitrogens with two attached hydrogens (primary N) is 1. The van der Waals surface area contributed by atoms with Gasteiger partial charge in [0.1, 0.15) is 0 Å². The van der Waals surface area contributed by atoms with E-state index >= 15 is 0 Å². The van der Waals surface area contributed by atoms with E-state index < -0.39 is 0 Å². The number of nitrogen functional groups attached to an aromatic ring is 1. The maximum atomic E-state index is 6.08. The van der Waals surface area contributed by atoms with Gasteiger partial charge in [0.25, 0.3) is 0 Å². The highest BCUT2D eigenvalue weighted by atomic mass is 35.5. The Morgan fingerprint density at radius 2 is 1.95 bits per heavy atom. The van der Waals surface area contributed by atoms with Gasteiger partial charge in [-0.1, -0.05) is 30.9 Å². The van der Waals surface area contributed by atoms with Gasteiger partial charge in [0.2, 0.25) is 0 Å². The predicted octanol–water partition coefficient (Wildman–Crippen LogP) is 3.26. The number of anilines is 1. The molecule has 1 aliphatic rings. The van der Waals surface area contributed by atoms with Crippen molar-refractivity contribution in [2.45, 2.75) is 44.6 Å². The number of halogens is 1. The lowest BCUT2D eigenvalue weighted by Gasteiger charge is -2.34. The van der Waals surface area contributed by atoms with E-state index in [0.29, 0.717) is 10.7 Å². The molecule has 2 aromatic rings. The van der Waals surface area contributed by atoms with Crippen molar-refractivity contribution in [3.63, 3.8) is 0 Å². The zero-order chi connectivity index (χ0) is 14.2. The van der Waals surface area contributed by atoms with Gasteiger partial charge >= 0.3 is 0 Å². The summed E-state index contributed by atoms with van der Waals surface area (Å²) in [7, 11) is 0. The molecule has 5 nitrogen and oxygen atoms in total. The number of aromatic nitrogens is 4. The second-order valence-electron chi connectivity index (χ2n) is 5.75. The monoisotopic (exact) mass is 291 g/mol. The number of hydrogen-bond acceptors (Lipinski definition) is 4. The average molecular weight is 292 g/mol. The maximum absolute atomic E-state index is 6.08. The second-order valence-corrected chi connectivity index (χ2v) is 6.18. The molecule has 0 aliphatic heterocycles. The molecule has 1 saturated carbocycles. The van der Waals surface area contributed by atoms with Crippen LogP contribution in [0.15, 0.2) is 18.2 Å². The van der Waals surface area contributed by atoms with Crippen molar-refractivity contribution in [1.82, 2.24) is 20.2 Å². The molecule has 0 atom stereocenters. The van der Waals surface area contributed by atoms with Gasteiger partial charge in [0.15, 0.2) is 5.82 Å². The van der Waals surface area contributed by atoms with Crippen molar-refractivity contribution < 1.29 is 0 Å². The van der Waals surface area contributed by atoms with Crippen LogP contribution in [0.2, 0.25) is 5.02 Å². The lowest BCUT2D eigenvalue weighted by Crippen LogP contribution is -2.34. The quantitative estimate of drug-likeness (QED) is 0.862. The van der Waals surface area contributed by atoms with Gasteiger partial charge in [0.05, 0.1) is 5.54 Å². The zero-order valence-electron chi connectivity index (χ0n) is 11.5. The number of nitrogens with zero attached hydrogens (tertiary/aromatic N) is 4. The van der Waals surface area contributed by atoms with E-state index in [1.165, 1.54) is 19.3 Å². The minimum atomic E-state index is -0.0197. The van der Waals surface area contributed by atoms with E-state index in [0.717, 1.165) is 24.2 Å². The largest absolute Gasteiger partial charge is 0.399 e. The summed E-state index contributed by atoms with van der Waals surface area (Å²) in [5, 5.41) is 12.9. The first-order valence-electron chi connectivity index (χ1n) is 6.94. The fraction of sp³-hybridized carbons (Fsp3) is 0.500. The number of benzene rings is 1. The summed E-state index contributed by atoms with van der Waals surface area (Å²) < 4.78 is 1.94. The fourth-order valence-electron chi connectivity index (χ4n) is 3.00. The Balaban J connectivity index is 2.05. The number of rotatable bonds is 2. The van der Waals surface area contributed by atoms with Crippen molar-refractivity contribution >= 4 is 17.3 Å². The maximum Gasteiger partial charge on any atom is 0.182 e. The molecule has 0 unspecified atom stereocenters. The number of hydrogen-bond donors (Lipinski definition) is 1. The van der Waals surface area contributed by atoms with Crippen molar-refractivity contribution in [2.24, 2.45) is 0 Å². The van der Waals surface area contributed by atoms with E-state index in [9.17, 15) is 0 Å². The molecule has 0 amide bonds. The highest BCUT2D eigenvalue weighted by Gasteiger charge is 2.32. The van der Waals surface area contributed by atoms with E-state index in [-0.39, 0.29) is 5.54 Å². The van der Waals surface area contributed by atoms with Crippen molar-refractivity contribution in [3.8, 4) is 11.4 Å². The third-order valence-corrected chi connectivity index (χ3v) is 4.31. The first-order valence-corrected chi connectivity index (χ1v) is 7.32. The van der Waals surface area contributed by atoms with Crippen LogP contribution in [0.4, 0.5) is 5.69 Å². The van der Waals surface area contributed by atoms with Gasteiger partial charge in [-0.25, -0.2) is 4.68 Å². The van der Waals surface area contributed by atoms with Crippen LogP contribution in [0.1, 0.15) is 39.0 Å². The van der Waals surface area contributed by atoms with Gasteiger partial charge in [0, 0.05) is 16.3 Å². The van der Waals surface area contributed by atoms with Crippen molar-refractivity contribution in [1.29, 1.82) is 0 Å². The van der Waals surface area contributed by atoms with Crippen LogP contribution in [0.3, 0.4) is 0 Å². The summed E-state index contributed by atoms with van der Waals surface area (Å²) >= 11 is 6.08. The summed E-state index contributed by atoms with van der Waals surface area (Å²) in [6, 6.07) is 5.44. The van der Waals surface area contributed by atoms with Crippen LogP contribution < -0.4 is 5.73 Å². The SMILES string of the molecule is CC1(n2nnnc2-c2cc(N)cc(Cl)c2)CCCCC1. The Labute approximate surface area is 123 Å². The molecular formula is C14H18ClN5. The normalized spacial score (nSPS) is 18.1. The van der Waals surface area contributed by atoms with Crippen LogP contribution in [0, 0.1) is 0 Å². The highest BCUT2D eigenvalue weighted by Crippen LogP contribution is 2.36. The molecule has 1 heterocycles. The topological polar surface area (TPSA) is 69.6 Å². The molecule has 0 spiro atoms. The smallest absolute Gasteiger partial charge is 0.182 e. The summed E-state index contributed by atoms with van der Waals surface area (Å²) in [4.78, 5) is 0. The first kappa shape index (κ1) is 13.4. The van der Waals surface area contributed by atoms with Gasteiger partial charge in [-0.3, -0.25) is 0 Å². The summed E-state index contributed by atoms with van der Waals surface area (Å²) in [5.74, 6) is 0.739. The Bertz CT molecular complexity index is 596. The predicted molar refractivity (Wildman–Crippen MR) is 79.4 cm³/mol. The third-order valence-electron chi connectivity index (χ3n) is 4.09. The summed E-state index contributed by atoms with van der Waals surface area (Å²) in [6.45, 7) is 2.22. The molecule has 0 saturated heterocycles. The molecule has 1 aromatic carbocycles. The Kier molecular flexibility index (Phi) is 3.38. The van der Waals surface area contributed by atoms with Crippen LogP contribution in [-0.4, -0.2) is 20.2 Å². The van der Waals surface area contributed by atoms with E-state index in [1.54, 1.807) is 6.07 Å². The molecule has 3 rings (SSSR count). The average Bonchev–Trinajstić information content (AvgIpc) is 2.88. The molecule has 1 fully saturated rings. The number of tetrazole rings is 1. The van der Waals surface area contributed by atoms with Gasteiger partial charge < -0.3 is 5.73 Å². The van der Waals surface area contributed by atoms with Crippen LogP contribution in [0.5, 0.6) is 0 Å². The van der Waals surface area contributed by atoms with Crippen LogP contribution in [0.25, 0.3) is 11.4 Å². The molecule has 20 heavy (non-hydrogen) atoms. The standard InChI is InChI=1S/C14H18ClN5/c1-14(5-3-2-4-6-14)20-13(17-18-19-20)10-7-11(15)9-12(16)8-10/h7-9H,2-6,16H2,1H3. The molecule has 0 bridgehead atoms. The van der Waals surface area contributed by atoms with Crippen LogP contribution >= 0.6 is 11.6 Å². The lowest BCUT2D eigenvalue weighted by molar-refractivity contribution is 0.197. The van der Waals surface area contributed by atoms with Crippen molar-refractivity contribution in [3.05, 3.63) is 23.2 Å². The Hall–Kier alpha value is -1.62. The van der Waals surface area contributed by atoms with E-state index in [4.69, 9.17) is 17.3 Å². The van der Waals surface area contributed by atoms with Gasteiger partial charge in [-0.05, 0) is 48.4 Å². The van der Waals surface area contributed by atoms with E-state index in [1.807, 2.05) is 16.8 Å². The first-order chi connectivity index (χ1) is 9.58. The Morgan fingerprint density at radius 1 is 1.20 bits per heavy atom. The second kappa shape index (κ2) is 5.05. The molecular weight excluding hydrogens is 274 g/mol.